The Morgan fingerprint density at radius 2 is 1.82 bits per heavy atom. The zero-order valence-electron chi connectivity index (χ0n) is 22.1. The SMILES string of the molecule is CN1CCC[C@H]1COc1nc(N2CCN(CCCl)CC2)c2ccc(-c3cc(O)cc4ccccc34)c(F)c2n1. The summed E-state index contributed by atoms with van der Waals surface area (Å²) >= 11 is 5.96. The summed E-state index contributed by atoms with van der Waals surface area (Å²) < 4.78 is 22.6. The van der Waals surface area contributed by atoms with Gasteiger partial charge in [0.1, 0.15) is 23.7 Å². The van der Waals surface area contributed by atoms with Gasteiger partial charge in [0.15, 0.2) is 5.82 Å². The molecule has 1 N–H and O–H groups in total. The summed E-state index contributed by atoms with van der Waals surface area (Å²) in [6.07, 6.45) is 2.19. The van der Waals surface area contributed by atoms with Gasteiger partial charge in [0.05, 0.1) is 0 Å². The number of benzene rings is 3. The number of likely N-dealkylation sites (N-methyl/N-ethyl adjacent to an activating group) is 1. The molecule has 0 saturated carbocycles. The van der Waals surface area contributed by atoms with Crippen molar-refractivity contribution in [3.63, 3.8) is 0 Å². The monoisotopic (exact) mass is 549 g/mol. The van der Waals surface area contributed by atoms with Gasteiger partial charge in [-0.1, -0.05) is 30.3 Å². The Morgan fingerprint density at radius 3 is 2.59 bits per heavy atom. The van der Waals surface area contributed by atoms with E-state index in [4.69, 9.17) is 21.3 Å². The largest absolute Gasteiger partial charge is 0.508 e. The van der Waals surface area contributed by atoms with E-state index in [1.807, 2.05) is 30.3 Å². The van der Waals surface area contributed by atoms with Gasteiger partial charge in [0, 0.05) is 55.6 Å². The minimum Gasteiger partial charge on any atom is -0.508 e. The molecule has 2 aliphatic rings. The number of aromatic nitrogens is 2. The maximum atomic E-state index is 16.4. The van der Waals surface area contributed by atoms with E-state index in [2.05, 4.69) is 26.7 Å². The van der Waals surface area contributed by atoms with Crippen LogP contribution in [-0.2, 0) is 0 Å². The van der Waals surface area contributed by atoms with Crippen LogP contribution in [0, 0.1) is 5.82 Å². The maximum Gasteiger partial charge on any atom is 0.319 e. The number of phenolic OH excluding ortho intramolecular Hbond substituents is 1. The van der Waals surface area contributed by atoms with Crippen molar-refractivity contribution in [2.75, 3.05) is 63.7 Å². The minimum atomic E-state index is -0.449. The number of halogens is 2. The maximum absolute atomic E-state index is 16.4. The molecule has 1 atom stereocenters. The first-order valence-electron chi connectivity index (χ1n) is 13.6. The third kappa shape index (κ3) is 5.21. The molecule has 9 heteroatoms. The fraction of sp³-hybridized carbons (Fsp3) is 0.400. The van der Waals surface area contributed by atoms with Crippen LogP contribution >= 0.6 is 11.6 Å². The molecule has 3 aromatic carbocycles. The van der Waals surface area contributed by atoms with E-state index in [0.29, 0.717) is 40.9 Å². The number of nitrogens with zero attached hydrogens (tertiary/aromatic N) is 5. The summed E-state index contributed by atoms with van der Waals surface area (Å²) in [4.78, 5) is 16.2. The second kappa shape index (κ2) is 11.1. The van der Waals surface area contributed by atoms with Crippen molar-refractivity contribution in [2.45, 2.75) is 18.9 Å². The molecule has 2 aliphatic heterocycles. The van der Waals surface area contributed by atoms with Crippen LogP contribution in [0.2, 0.25) is 0 Å². The quantitative estimate of drug-likeness (QED) is 0.321. The second-order valence-corrected chi connectivity index (χ2v) is 10.9. The highest BCUT2D eigenvalue weighted by Crippen LogP contribution is 2.38. The number of alkyl halides is 1. The molecule has 0 radical (unpaired) electrons. The zero-order chi connectivity index (χ0) is 26.9. The molecule has 6 rings (SSSR count). The summed E-state index contributed by atoms with van der Waals surface area (Å²) in [6.45, 7) is 5.58. The van der Waals surface area contributed by atoms with Crippen LogP contribution in [-0.4, -0.2) is 89.7 Å². The van der Waals surface area contributed by atoms with Gasteiger partial charge in [-0.2, -0.15) is 9.97 Å². The summed E-state index contributed by atoms with van der Waals surface area (Å²) in [5.41, 5.74) is 1.23. The number of aromatic hydroxyl groups is 1. The highest BCUT2D eigenvalue weighted by Gasteiger charge is 2.26. The van der Waals surface area contributed by atoms with Gasteiger partial charge in [0.25, 0.3) is 0 Å². The van der Waals surface area contributed by atoms with Crippen LogP contribution in [0.25, 0.3) is 32.8 Å². The van der Waals surface area contributed by atoms with E-state index < -0.39 is 5.82 Å². The van der Waals surface area contributed by atoms with Crippen molar-refractivity contribution >= 4 is 39.1 Å². The molecule has 7 nitrogen and oxygen atoms in total. The number of likely N-dealkylation sites (tertiary alicyclic amines) is 1. The van der Waals surface area contributed by atoms with Crippen molar-refractivity contribution < 1.29 is 14.2 Å². The Balaban J connectivity index is 1.43. The third-order valence-electron chi connectivity index (χ3n) is 8.05. The van der Waals surface area contributed by atoms with Crippen LogP contribution in [0.1, 0.15) is 12.8 Å². The van der Waals surface area contributed by atoms with Gasteiger partial charge in [-0.05, 0) is 61.0 Å². The number of hydrogen-bond donors (Lipinski definition) is 1. The molecular weight excluding hydrogens is 517 g/mol. The van der Waals surface area contributed by atoms with Gasteiger partial charge in [-0.3, -0.25) is 4.90 Å². The number of fused-ring (bicyclic) bond motifs is 2. The first kappa shape index (κ1) is 26.0. The molecule has 0 unspecified atom stereocenters. The van der Waals surface area contributed by atoms with Gasteiger partial charge in [0.2, 0.25) is 0 Å². The molecule has 0 amide bonds. The molecule has 0 spiro atoms. The fourth-order valence-corrected chi connectivity index (χ4v) is 6.06. The lowest BCUT2D eigenvalue weighted by Gasteiger charge is -2.35. The van der Waals surface area contributed by atoms with Gasteiger partial charge >= 0.3 is 6.01 Å². The van der Waals surface area contributed by atoms with Crippen LogP contribution in [0.4, 0.5) is 10.2 Å². The molecule has 204 valence electrons. The second-order valence-electron chi connectivity index (χ2n) is 10.5. The Hall–Kier alpha value is -3.20. The highest BCUT2D eigenvalue weighted by atomic mass is 35.5. The molecular formula is C30H33ClFN5O2. The lowest BCUT2D eigenvalue weighted by atomic mass is 9.96. The summed E-state index contributed by atoms with van der Waals surface area (Å²) in [5, 5.41) is 12.8. The molecule has 0 bridgehead atoms. The predicted octanol–water partition coefficient (Wildman–Crippen LogP) is 5.13. The van der Waals surface area contributed by atoms with Crippen molar-refractivity contribution in [2.24, 2.45) is 0 Å². The lowest BCUT2D eigenvalue weighted by Crippen LogP contribution is -2.47. The van der Waals surface area contributed by atoms with Crippen LogP contribution < -0.4 is 9.64 Å². The molecule has 39 heavy (non-hydrogen) atoms. The Bertz CT molecular complexity index is 1490. The molecule has 4 aromatic rings. The van der Waals surface area contributed by atoms with Gasteiger partial charge in [-0.15, -0.1) is 11.6 Å². The standard InChI is InChI=1S/C30H33ClFN5O2/c1-35-11-4-6-21(35)19-39-30-33-28-25(29(34-30)37-15-13-36(12-10-31)14-16-37)9-8-24(27(28)32)26-18-22(38)17-20-5-2-3-7-23(20)26/h2-3,5,7-9,17-18,21,38H,4,6,10-16,19H2,1H3/t21-/m0/s1. The average Bonchev–Trinajstić information content (AvgIpc) is 3.36. The number of phenols is 1. The zero-order valence-corrected chi connectivity index (χ0v) is 22.9. The van der Waals surface area contributed by atoms with Crippen LogP contribution in [0.3, 0.4) is 0 Å². The summed E-state index contributed by atoms with van der Waals surface area (Å²) in [7, 11) is 2.10. The van der Waals surface area contributed by atoms with E-state index in [0.717, 1.165) is 62.9 Å². The van der Waals surface area contributed by atoms with Gasteiger partial charge in [-0.25, -0.2) is 4.39 Å². The number of piperazine rings is 1. The Labute approximate surface area is 232 Å². The third-order valence-corrected chi connectivity index (χ3v) is 8.22. The predicted molar refractivity (Wildman–Crippen MR) is 155 cm³/mol. The van der Waals surface area contributed by atoms with Crippen LogP contribution in [0.15, 0.2) is 48.5 Å². The van der Waals surface area contributed by atoms with E-state index >= 15 is 4.39 Å². The number of hydrogen-bond acceptors (Lipinski definition) is 7. The average molecular weight is 550 g/mol. The topological polar surface area (TPSA) is 65.0 Å². The van der Waals surface area contributed by atoms with E-state index in [9.17, 15) is 5.11 Å². The number of anilines is 1. The normalized spacial score (nSPS) is 18.8. The lowest BCUT2D eigenvalue weighted by molar-refractivity contribution is 0.188. The van der Waals surface area contributed by atoms with E-state index in [1.54, 1.807) is 18.2 Å². The molecule has 2 saturated heterocycles. The van der Waals surface area contributed by atoms with Crippen molar-refractivity contribution in [1.82, 2.24) is 19.8 Å². The Morgan fingerprint density at radius 1 is 1.00 bits per heavy atom. The first-order valence-corrected chi connectivity index (χ1v) is 14.1. The van der Waals surface area contributed by atoms with E-state index in [1.165, 1.54) is 0 Å². The Kier molecular flexibility index (Phi) is 7.42. The van der Waals surface area contributed by atoms with Crippen molar-refractivity contribution in [3.05, 3.63) is 54.3 Å². The molecule has 0 aliphatic carbocycles. The number of rotatable bonds is 7. The van der Waals surface area contributed by atoms with Crippen LogP contribution in [0.5, 0.6) is 11.8 Å². The summed E-state index contributed by atoms with van der Waals surface area (Å²) in [6, 6.07) is 15.1. The molecule has 1 aromatic heterocycles. The fourth-order valence-electron chi connectivity index (χ4n) is 5.82. The first-order chi connectivity index (χ1) is 19.0. The van der Waals surface area contributed by atoms with Gasteiger partial charge < -0.3 is 19.6 Å². The number of ether oxygens (including phenoxy) is 1. The highest BCUT2D eigenvalue weighted by molar-refractivity contribution is 6.18. The molecule has 2 fully saturated rings. The molecule has 3 heterocycles. The smallest absolute Gasteiger partial charge is 0.319 e. The van der Waals surface area contributed by atoms with Crippen molar-refractivity contribution in [3.8, 4) is 22.9 Å². The summed E-state index contributed by atoms with van der Waals surface area (Å²) in [5.74, 6) is 0.926. The minimum absolute atomic E-state index is 0.0890. The van der Waals surface area contributed by atoms with E-state index in [-0.39, 0.29) is 17.3 Å². The van der Waals surface area contributed by atoms with Crippen molar-refractivity contribution in [1.29, 1.82) is 0 Å².